The zero-order chi connectivity index (χ0) is 27.7. The largest absolute Gasteiger partial charge is 0.457 e. The summed E-state index contributed by atoms with van der Waals surface area (Å²) in [7, 11) is 1.53. The fourth-order valence-corrected chi connectivity index (χ4v) is 4.11. The molecule has 0 unspecified atom stereocenters. The highest BCUT2D eigenvalue weighted by Crippen LogP contribution is 2.26. The SMILES string of the molecule is CC/C(C)=C(/N/C(=C(\C)C(=O)Nc1ccc(Oc2ccnc(C(=O)NC)c2)cc1)c1ccc(F)cc1)SC. The van der Waals surface area contributed by atoms with Crippen molar-refractivity contribution in [2.24, 2.45) is 0 Å². The van der Waals surface area contributed by atoms with Crippen molar-refractivity contribution in [1.29, 1.82) is 0 Å². The fraction of sp³-hybridized carbons (Fsp3) is 0.207. The molecule has 0 spiro atoms. The Morgan fingerprint density at radius 2 is 1.68 bits per heavy atom. The van der Waals surface area contributed by atoms with E-state index in [1.54, 1.807) is 67.2 Å². The van der Waals surface area contributed by atoms with Crippen LogP contribution in [-0.4, -0.2) is 30.1 Å². The van der Waals surface area contributed by atoms with Crippen molar-refractivity contribution in [3.8, 4) is 11.5 Å². The number of carbonyl (C=O) groups is 2. The van der Waals surface area contributed by atoms with Crippen LogP contribution in [0.5, 0.6) is 11.5 Å². The minimum atomic E-state index is -0.348. The first-order chi connectivity index (χ1) is 18.2. The van der Waals surface area contributed by atoms with Crippen LogP contribution in [0.4, 0.5) is 10.1 Å². The number of nitrogens with zero attached hydrogens (tertiary/aromatic N) is 1. The summed E-state index contributed by atoms with van der Waals surface area (Å²) in [5.74, 6) is 0.0346. The number of allylic oxidation sites excluding steroid dienone is 1. The molecular formula is C29H31FN4O3S. The average Bonchev–Trinajstić information content (AvgIpc) is 2.94. The molecular weight excluding hydrogens is 503 g/mol. The molecule has 0 fully saturated rings. The predicted octanol–water partition coefficient (Wildman–Crippen LogP) is 6.34. The number of ether oxygens (including phenoxy) is 1. The molecule has 0 saturated heterocycles. The van der Waals surface area contributed by atoms with Crippen molar-refractivity contribution >= 4 is 35.0 Å². The lowest BCUT2D eigenvalue weighted by Crippen LogP contribution is -2.20. The Hall–Kier alpha value is -4.11. The molecule has 3 aromatic rings. The zero-order valence-corrected chi connectivity index (χ0v) is 22.8. The maximum absolute atomic E-state index is 13.6. The van der Waals surface area contributed by atoms with Crippen LogP contribution >= 0.6 is 11.8 Å². The van der Waals surface area contributed by atoms with E-state index in [0.29, 0.717) is 34.0 Å². The molecule has 0 radical (unpaired) electrons. The van der Waals surface area contributed by atoms with Gasteiger partial charge in [-0.05, 0) is 92.3 Å². The quantitative estimate of drug-likeness (QED) is 0.263. The van der Waals surface area contributed by atoms with Crippen LogP contribution in [0.15, 0.2) is 83.0 Å². The lowest BCUT2D eigenvalue weighted by Gasteiger charge is -2.18. The van der Waals surface area contributed by atoms with Crippen LogP contribution in [0.1, 0.15) is 43.2 Å². The van der Waals surface area contributed by atoms with Gasteiger partial charge in [0.25, 0.3) is 11.8 Å². The van der Waals surface area contributed by atoms with Crippen LogP contribution in [-0.2, 0) is 4.79 Å². The minimum Gasteiger partial charge on any atom is -0.457 e. The molecule has 0 aliphatic carbocycles. The van der Waals surface area contributed by atoms with Gasteiger partial charge in [0.15, 0.2) is 0 Å². The van der Waals surface area contributed by atoms with Gasteiger partial charge in [-0.2, -0.15) is 0 Å². The van der Waals surface area contributed by atoms with E-state index in [4.69, 9.17) is 4.74 Å². The van der Waals surface area contributed by atoms with E-state index in [0.717, 1.165) is 17.0 Å². The number of rotatable bonds is 10. The molecule has 0 saturated carbocycles. The van der Waals surface area contributed by atoms with Crippen LogP contribution in [0.3, 0.4) is 0 Å². The first kappa shape index (κ1) is 28.5. The van der Waals surface area contributed by atoms with Crippen LogP contribution in [0, 0.1) is 5.82 Å². The van der Waals surface area contributed by atoms with Gasteiger partial charge in [0.05, 0.1) is 10.7 Å². The smallest absolute Gasteiger partial charge is 0.269 e. The number of hydrogen-bond acceptors (Lipinski definition) is 6. The van der Waals surface area contributed by atoms with Gasteiger partial charge in [-0.15, -0.1) is 11.8 Å². The molecule has 38 heavy (non-hydrogen) atoms. The number of thioether (sulfide) groups is 1. The molecule has 7 nitrogen and oxygen atoms in total. The molecule has 2 aromatic carbocycles. The second-order valence-electron chi connectivity index (χ2n) is 8.34. The molecule has 1 heterocycles. The van der Waals surface area contributed by atoms with Crippen molar-refractivity contribution in [2.45, 2.75) is 27.2 Å². The minimum absolute atomic E-state index is 0.246. The van der Waals surface area contributed by atoms with Gasteiger partial charge >= 0.3 is 0 Å². The van der Waals surface area contributed by atoms with Gasteiger partial charge in [0.2, 0.25) is 0 Å². The van der Waals surface area contributed by atoms with Gasteiger partial charge in [0.1, 0.15) is 23.0 Å². The van der Waals surface area contributed by atoms with Crippen molar-refractivity contribution in [3.63, 3.8) is 0 Å². The highest BCUT2D eigenvalue weighted by atomic mass is 32.2. The number of nitrogens with one attached hydrogen (secondary N) is 3. The molecule has 3 N–H and O–H groups in total. The highest BCUT2D eigenvalue weighted by Gasteiger charge is 2.16. The highest BCUT2D eigenvalue weighted by molar-refractivity contribution is 8.02. The maximum atomic E-state index is 13.6. The van der Waals surface area contributed by atoms with Crippen molar-refractivity contribution < 1.29 is 18.7 Å². The predicted molar refractivity (Wildman–Crippen MR) is 151 cm³/mol. The Morgan fingerprint density at radius 3 is 2.29 bits per heavy atom. The molecule has 198 valence electrons. The number of anilines is 1. The van der Waals surface area contributed by atoms with E-state index in [2.05, 4.69) is 27.9 Å². The van der Waals surface area contributed by atoms with E-state index < -0.39 is 0 Å². The van der Waals surface area contributed by atoms with Crippen molar-refractivity contribution in [3.05, 3.63) is 100 Å². The third kappa shape index (κ3) is 7.45. The number of benzene rings is 2. The first-order valence-electron chi connectivity index (χ1n) is 12.0. The number of hydrogen-bond donors (Lipinski definition) is 3. The van der Waals surface area contributed by atoms with E-state index in [9.17, 15) is 14.0 Å². The van der Waals surface area contributed by atoms with Crippen LogP contribution in [0.25, 0.3) is 5.70 Å². The lowest BCUT2D eigenvalue weighted by atomic mass is 10.1. The average molecular weight is 535 g/mol. The number of aromatic nitrogens is 1. The van der Waals surface area contributed by atoms with Gasteiger partial charge in [-0.1, -0.05) is 6.92 Å². The molecule has 0 aliphatic rings. The first-order valence-corrected chi connectivity index (χ1v) is 13.2. The Labute approximate surface area is 226 Å². The second-order valence-corrected chi connectivity index (χ2v) is 9.15. The third-order valence-corrected chi connectivity index (χ3v) is 6.61. The monoisotopic (exact) mass is 534 g/mol. The number of pyridine rings is 1. The summed E-state index contributed by atoms with van der Waals surface area (Å²) in [6, 6.07) is 16.1. The van der Waals surface area contributed by atoms with Crippen molar-refractivity contribution in [2.75, 3.05) is 18.6 Å². The van der Waals surface area contributed by atoms with Crippen LogP contribution < -0.4 is 20.7 Å². The molecule has 2 amide bonds. The number of carbonyl (C=O) groups excluding carboxylic acids is 2. The summed E-state index contributed by atoms with van der Waals surface area (Å²) < 4.78 is 19.4. The van der Waals surface area contributed by atoms with Gasteiger partial charge in [0, 0.05) is 30.6 Å². The summed E-state index contributed by atoms with van der Waals surface area (Å²) in [6.45, 7) is 5.83. The summed E-state index contributed by atoms with van der Waals surface area (Å²) in [4.78, 5) is 29.0. The Bertz CT molecular complexity index is 1350. The van der Waals surface area contributed by atoms with Crippen molar-refractivity contribution in [1.82, 2.24) is 15.6 Å². The van der Waals surface area contributed by atoms with E-state index >= 15 is 0 Å². The topological polar surface area (TPSA) is 92.3 Å². The molecule has 1 aromatic heterocycles. The molecule has 9 heteroatoms. The lowest BCUT2D eigenvalue weighted by molar-refractivity contribution is -0.112. The zero-order valence-electron chi connectivity index (χ0n) is 22.0. The molecule has 0 bridgehead atoms. The van der Waals surface area contributed by atoms with E-state index in [-0.39, 0.29) is 23.3 Å². The van der Waals surface area contributed by atoms with Gasteiger partial charge in [-0.3, -0.25) is 14.6 Å². The van der Waals surface area contributed by atoms with E-state index in [1.165, 1.54) is 25.4 Å². The number of halogens is 1. The Kier molecular flexibility index (Phi) is 10.1. The van der Waals surface area contributed by atoms with Crippen LogP contribution in [0.2, 0.25) is 0 Å². The van der Waals surface area contributed by atoms with E-state index in [1.807, 2.05) is 13.2 Å². The molecule has 3 rings (SSSR count). The Morgan fingerprint density at radius 1 is 1.00 bits per heavy atom. The summed E-state index contributed by atoms with van der Waals surface area (Å²) >= 11 is 1.56. The summed E-state index contributed by atoms with van der Waals surface area (Å²) in [6.07, 6.45) is 4.32. The summed E-state index contributed by atoms with van der Waals surface area (Å²) in [5.41, 5.74) is 3.72. The fourth-order valence-electron chi connectivity index (χ4n) is 3.41. The normalized spacial score (nSPS) is 12.2. The third-order valence-electron chi connectivity index (χ3n) is 5.75. The maximum Gasteiger partial charge on any atom is 0.269 e. The van der Waals surface area contributed by atoms with Gasteiger partial charge < -0.3 is 20.7 Å². The number of amides is 2. The standard InChI is InChI=1S/C29H31FN4O3S/c1-6-18(2)29(38-5)34-26(20-7-9-21(30)10-8-20)19(3)27(35)33-22-11-13-23(14-12-22)37-24-15-16-32-25(17-24)28(36)31-4/h7-17,34H,6H2,1-5H3,(H,31,36)(H,33,35)/b26-19+,29-18-. The molecule has 0 aliphatic heterocycles. The second kappa shape index (κ2) is 13.4. The molecule has 0 atom stereocenters. The summed E-state index contributed by atoms with van der Waals surface area (Å²) in [5, 5.41) is 9.77. The Balaban J connectivity index is 1.81. The van der Waals surface area contributed by atoms with Gasteiger partial charge in [-0.25, -0.2) is 4.39 Å².